The molecule has 2 aromatic heterocycles. The van der Waals surface area contributed by atoms with Crippen LogP contribution in [0.5, 0.6) is 0 Å². The molecule has 0 fully saturated rings. The Morgan fingerprint density at radius 3 is 2.40 bits per heavy atom. The monoisotopic (exact) mass is 899 g/mol. The number of halogens is 1. The molecule has 19 heteroatoms. The van der Waals surface area contributed by atoms with E-state index in [9.17, 15) is 43.5 Å². The number of aromatic nitrogens is 2. The molecular formula is C46H54FN7O11. The van der Waals surface area contributed by atoms with Crippen molar-refractivity contribution in [2.75, 3.05) is 26.4 Å². The third-order valence-corrected chi connectivity index (χ3v) is 12.0. The first-order valence-electron chi connectivity index (χ1n) is 21.5. The number of amides is 6. The summed E-state index contributed by atoms with van der Waals surface area (Å²) in [6, 6.07) is 3.12. The lowest BCUT2D eigenvalue weighted by Crippen LogP contribution is -2.54. The van der Waals surface area contributed by atoms with E-state index >= 15 is 4.39 Å². The number of ketones is 1. The Bertz CT molecular complexity index is 2550. The number of unbranched alkanes of at least 4 members (excludes halogenated alkanes) is 1. The predicted molar refractivity (Wildman–Crippen MR) is 233 cm³/mol. The van der Waals surface area contributed by atoms with Gasteiger partial charge in [-0.05, 0) is 68.7 Å². The molecule has 1 aromatic carbocycles. The van der Waals surface area contributed by atoms with Gasteiger partial charge in [0.2, 0.25) is 23.6 Å². The number of ether oxygens (including phenoxy) is 2. The second-order valence-electron chi connectivity index (χ2n) is 16.7. The Kier molecular flexibility index (Phi) is 14.8. The lowest BCUT2D eigenvalue weighted by Gasteiger charge is -2.35. The fourth-order valence-corrected chi connectivity index (χ4v) is 8.03. The Balaban J connectivity index is 0.932. The fourth-order valence-electron chi connectivity index (χ4n) is 8.03. The highest BCUT2D eigenvalue weighted by Gasteiger charge is 2.41. The number of carbonyl (C=O) groups excluding carboxylic acids is 7. The molecular weight excluding hydrogens is 846 g/mol. The summed E-state index contributed by atoms with van der Waals surface area (Å²) in [6.07, 6.45) is 3.52. The summed E-state index contributed by atoms with van der Waals surface area (Å²) in [4.78, 5) is 105. The number of pyridine rings is 2. The summed E-state index contributed by atoms with van der Waals surface area (Å²) in [5.41, 5.74) is 2.65. The lowest BCUT2D eigenvalue weighted by atomic mass is 9.84. The van der Waals surface area contributed by atoms with E-state index in [2.05, 4.69) is 27.8 Å². The smallest absolute Gasteiger partial charge is 0.258 e. The topological polar surface area (TPSA) is 244 Å². The van der Waals surface area contributed by atoms with Crippen LogP contribution < -0.4 is 26.8 Å². The first-order valence-corrected chi connectivity index (χ1v) is 21.5. The van der Waals surface area contributed by atoms with Crippen LogP contribution in [0, 0.1) is 18.7 Å². The SMILES string of the molecule is C=C1OCc2c(cc3n(c2=O)Cc2cc4c(CCCCOCNC(=O)[C@H](C)NC(=O)[C@@H](NC(=O)CCC(=O)CNC(=O)CN5C(=O)C=CC5=O)C(C)C)c(C)c(F)cc4nc2-3)[C@@]1(O)CC. The lowest BCUT2D eigenvalue weighted by molar-refractivity contribution is -0.141. The van der Waals surface area contributed by atoms with E-state index in [0.29, 0.717) is 52.9 Å². The molecule has 3 aliphatic heterocycles. The molecule has 0 unspecified atom stereocenters. The summed E-state index contributed by atoms with van der Waals surface area (Å²) in [6.45, 7) is 11.7. The number of imide groups is 1. The molecule has 3 aromatic rings. The van der Waals surface area contributed by atoms with Gasteiger partial charge in [0.25, 0.3) is 17.4 Å². The van der Waals surface area contributed by atoms with Crippen molar-refractivity contribution >= 4 is 52.1 Å². The van der Waals surface area contributed by atoms with Gasteiger partial charge in [-0.1, -0.05) is 27.4 Å². The minimum absolute atomic E-state index is 0.00462. The van der Waals surface area contributed by atoms with Gasteiger partial charge in [-0.15, -0.1) is 0 Å². The van der Waals surface area contributed by atoms with Gasteiger partial charge in [0, 0.05) is 54.2 Å². The van der Waals surface area contributed by atoms with Gasteiger partial charge in [0.15, 0.2) is 5.78 Å². The van der Waals surface area contributed by atoms with Crippen molar-refractivity contribution in [3.63, 3.8) is 0 Å². The molecule has 0 spiro atoms. The van der Waals surface area contributed by atoms with Crippen molar-refractivity contribution < 1.29 is 52.5 Å². The maximum Gasteiger partial charge on any atom is 0.258 e. The molecule has 3 atom stereocenters. The molecule has 3 aliphatic rings. The van der Waals surface area contributed by atoms with Gasteiger partial charge in [-0.2, -0.15) is 0 Å². The van der Waals surface area contributed by atoms with Gasteiger partial charge in [-0.25, -0.2) is 9.37 Å². The summed E-state index contributed by atoms with van der Waals surface area (Å²) in [5.74, 6) is -4.81. The quantitative estimate of drug-likeness (QED) is 0.0486. The van der Waals surface area contributed by atoms with Gasteiger partial charge in [0.1, 0.15) is 49.1 Å². The summed E-state index contributed by atoms with van der Waals surface area (Å²) >= 11 is 0. The standard InChI is InChI=1S/C46H54FN7O11/c1-7-46(63)27(6)65-22-32-33(46)17-36-42-28(20-53(36)45(32)62)16-31-30(25(4)34(47)18-35(31)51-42)10-8-9-15-64-23-49-43(60)26(5)50-44(61)41(24(2)3)52-37(56)12-11-29(55)19-48-38(57)21-54-39(58)13-14-40(54)59/h13-14,16-18,24,26,41,63H,6-12,15,19-23H2,1-5H3,(H,48,57)(H,49,60)(H,50,61)(H,52,56)/t26-,41-,46+/m0/s1. The van der Waals surface area contributed by atoms with E-state index in [4.69, 9.17) is 14.5 Å². The molecule has 0 aliphatic carbocycles. The van der Waals surface area contributed by atoms with Crippen LogP contribution in [-0.4, -0.2) is 99.3 Å². The summed E-state index contributed by atoms with van der Waals surface area (Å²) < 4.78 is 28.2. The second-order valence-corrected chi connectivity index (χ2v) is 16.7. The molecule has 0 saturated carbocycles. The van der Waals surface area contributed by atoms with Crippen LogP contribution >= 0.6 is 0 Å². The molecule has 18 nitrogen and oxygen atoms in total. The molecule has 0 bridgehead atoms. The van der Waals surface area contributed by atoms with Crippen molar-refractivity contribution in [1.29, 1.82) is 0 Å². The number of rotatable bonds is 20. The number of aliphatic hydroxyl groups is 1. The number of fused-ring (bicyclic) bond motifs is 5. The van der Waals surface area contributed by atoms with Crippen LogP contribution in [0.25, 0.3) is 22.3 Å². The van der Waals surface area contributed by atoms with Gasteiger partial charge >= 0.3 is 0 Å². The van der Waals surface area contributed by atoms with E-state index in [1.165, 1.54) is 13.0 Å². The molecule has 5 heterocycles. The van der Waals surface area contributed by atoms with E-state index in [-0.39, 0.29) is 63.0 Å². The summed E-state index contributed by atoms with van der Waals surface area (Å²) in [7, 11) is 0. The number of hydrogen-bond acceptors (Lipinski definition) is 12. The summed E-state index contributed by atoms with van der Waals surface area (Å²) in [5, 5.41) is 22.3. The fraction of sp³-hybridized carbons (Fsp3) is 0.457. The van der Waals surface area contributed by atoms with Crippen LogP contribution in [0.2, 0.25) is 0 Å². The number of nitrogens with zero attached hydrogens (tertiary/aromatic N) is 3. The van der Waals surface area contributed by atoms with Crippen LogP contribution in [0.4, 0.5) is 4.39 Å². The number of benzene rings is 1. The average molecular weight is 900 g/mol. The molecule has 5 N–H and O–H groups in total. The largest absolute Gasteiger partial charge is 0.490 e. The number of Topliss-reactive ketones (excluding diaryl/α,β-unsaturated/α-hetero) is 1. The Morgan fingerprint density at radius 2 is 1.71 bits per heavy atom. The molecule has 65 heavy (non-hydrogen) atoms. The van der Waals surface area contributed by atoms with Crippen LogP contribution in [0.3, 0.4) is 0 Å². The zero-order valence-corrected chi connectivity index (χ0v) is 37.1. The Morgan fingerprint density at radius 1 is 0.985 bits per heavy atom. The van der Waals surface area contributed by atoms with Crippen molar-refractivity contribution in [2.45, 2.75) is 104 Å². The molecule has 346 valence electrons. The van der Waals surface area contributed by atoms with E-state index in [1.54, 1.807) is 38.3 Å². The molecule has 6 amide bonds. The predicted octanol–water partition coefficient (Wildman–Crippen LogP) is 1.96. The van der Waals surface area contributed by atoms with Crippen LogP contribution in [0.1, 0.15) is 87.6 Å². The minimum Gasteiger partial charge on any atom is -0.490 e. The number of carbonyl (C=O) groups is 7. The zero-order chi connectivity index (χ0) is 47.3. The highest BCUT2D eigenvalue weighted by molar-refractivity contribution is 6.14. The first kappa shape index (κ1) is 47.9. The normalized spacial score (nSPS) is 17.0. The van der Waals surface area contributed by atoms with Crippen molar-refractivity contribution in [1.82, 2.24) is 35.7 Å². The van der Waals surface area contributed by atoms with Crippen molar-refractivity contribution in [3.05, 3.63) is 86.7 Å². The van der Waals surface area contributed by atoms with E-state index in [1.807, 2.05) is 6.07 Å². The van der Waals surface area contributed by atoms with E-state index < -0.39 is 77.8 Å². The third-order valence-electron chi connectivity index (χ3n) is 12.0. The molecule has 0 radical (unpaired) electrons. The van der Waals surface area contributed by atoms with Crippen molar-refractivity contribution in [3.8, 4) is 11.4 Å². The zero-order valence-electron chi connectivity index (χ0n) is 37.1. The Labute approximate surface area is 374 Å². The average Bonchev–Trinajstić information content (AvgIpc) is 3.79. The van der Waals surface area contributed by atoms with E-state index in [0.717, 1.165) is 33.6 Å². The minimum atomic E-state index is -1.52. The van der Waals surface area contributed by atoms with Gasteiger partial charge < -0.3 is 40.4 Å². The van der Waals surface area contributed by atoms with Crippen LogP contribution in [-0.2, 0) is 68.2 Å². The molecule has 0 saturated heterocycles. The van der Waals surface area contributed by atoms with Crippen molar-refractivity contribution in [2.24, 2.45) is 5.92 Å². The van der Waals surface area contributed by atoms with Gasteiger partial charge in [0.05, 0.1) is 35.6 Å². The number of nitrogens with one attached hydrogen (secondary N) is 4. The molecule has 6 rings (SSSR count). The second kappa shape index (κ2) is 20.1. The Hall–Kier alpha value is -6.60. The highest BCUT2D eigenvalue weighted by atomic mass is 19.1. The number of hydrogen-bond donors (Lipinski definition) is 5. The van der Waals surface area contributed by atoms with Crippen LogP contribution in [0.15, 0.2) is 47.5 Å². The highest BCUT2D eigenvalue weighted by Crippen LogP contribution is 2.42. The maximum absolute atomic E-state index is 15.3. The van der Waals surface area contributed by atoms with Gasteiger partial charge in [-0.3, -0.25) is 43.3 Å². The third kappa shape index (κ3) is 10.4. The first-order chi connectivity index (χ1) is 30.8. The maximum atomic E-state index is 15.3. The number of aryl methyl sites for hydroxylation is 1.